The predicted octanol–water partition coefficient (Wildman–Crippen LogP) is 1.88. The highest BCUT2D eigenvalue weighted by molar-refractivity contribution is 4.89. The molecular formula is C14H28N2O. The van der Waals surface area contributed by atoms with E-state index in [1.165, 1.54) is 38.9 Å². The molecule has 3 nitrogen and oxygen atoms in total. The van der Waals surface area contributed by atoms with E-state index in [1.807, 2.05) is 0 Å². The molecule has 0 aromatic carbocycles. The first-order valence-corrected chi connectivity index (χ1v) is 7.22. The topological polar surface area (TPSA) is 24.5 Å². The smallest absolute Gasteiger partial charge is 0.0588 e. The number of hydrogen-bond donors (Lipinski definition) is 1. The van der Waals surface area contributed by atoms with Crippen molar-refractivity contribution in [2.45, 2.75) is 51.7 Å². The van der Waals surface area contributed by atoms with E-state index in [2.05, 4.69) is 31.0 Å². The van der Waals surface area contributed by atoms with E-state index in [0.717, 1.165) is 19.1 Å². The highest BCUT2D eigenvalue weighted by atomic mass is 16.5. The van der Waals surface area contributed by atoms with Crippen LogP contribution in [0.3, 0.4) is 0 Å². The van der Waals surface area contributed by atoms with Crippen molar-refractivity contribution in [1.82, 2.24) is 10.2 Å². The Hall–Kier alpha value is -0.120. The Morgan fingerprint density at radius 1 is 1.47 bits per heavy atom. The summed E-state index contributed by atoms with van der Waals surface area (Å²) in [5.74, 6) is 0.745. The molecule has 2 aliphatic rings. The highest BCUT2D eigenvalue weighted by Gasteiger charge is 2.31. The second-order valence-corrected chi connectivity index (χ2v) is 6.05. The van der Waals surface area contributed by atoms with Crippen molar-refractivity contribution >= 4 is 0 Å². The van der Waals surface area contributed by atoms with E-state index in [1.54, 1.807) is 0 Å². The fraction of sp³-hybridized carbons (Fsp3) is 1.00. The van der Waals surface area contributed by atoms with Crippen LogP contribution >= 0.6 is 0 Å². The van der Waals surface area contributed by atoms with Crippen molar-refractivity contribution in [3.63, 3.8) is 0 Å². The van der Waals surface area contributed by atoms with Gasteiger partial charge in [-0.3, -0.25) is 0 Å². The lowest BCUT2D eigenvalue weighted by Gasteiger charge is -2.34. The van der Waals surface area contributed by atoms with E-state index < -0.39 is 0 Å². The monoisotopic (exact) mass is 240 g/mol. The van der Waals surface area contributed by atoms with Gasteiger partial charge in [-0.1, -0.05) is 6.92 Å². The molecule has 2 heterocycles. The predicted molar refractivity (Wildman–Crippen MR) is 71.3 cm³/mol. The number of ether oxygens (including phenoxy) is 1. The largest absolute Gasteiger partial charge is 0.378 e. The zero-order valence-electron chi connectivity index (χ0n) is 11.7. The van der Waals surface area contributed by atoms with Crippen molar-refractivity contribution in [2.75, 3.05) is 32.8 Å². The number of rotatable bonds is 3. The Balaban J connectivity index is 1.90. The van der Waals surface area contributed by atoms with Gasteiger partial charge < -0.3 is 15.0 Å². The maximum absolute atomic E-state index is 5.67. The molecule has 0 bridgehead atoms. The molecule has 2 fully saturated rings. The van der Waals surface area contributed by atoms with Crippen LogP contribution in [0.15, 0.2) is 0 Å². The van der Waals surface area contributed by atoms with Gasteiger partial charge >= 0.3 is 0 Å². The van der Waals surface area contributed by atoms with E-state index in [-0.39, 0.29) is 0 Å². The van der Waals surface area contributed by atoms with Crippen LogP contribution in [0, 0.1) is 5.92 Å². The van der Waals surface area contributed by atoms with Gasteiger partial charge in [0.25, 0.3) is 0 Å². The Morgan fingerprint density at radius 3 is 2.94 bits per heavy atom. The van der Waals surface area contributed by atoms with Gasteiger partial charge in [-0.25, -0.2) is 0 Å². The molecule has 2 saturated heterocycles. The molecule has 0 spiro atoms. The molecule has 0 amide bonds. The molecule has 100 valence electrons. The SMILES string of the molecule is CCC1(C)CN(CC2CCOC2C)CCCN1. The Morgan fingerprint density at radius 2 is 2.29 bits per heavy atom. The lowest BCUT2D eigenvalue weighted by Crippen LogP contribution is -2.49. The Labute approximate surface area is 106 Å². The third-order valence-corrected chi connectivity index (χ3v) is 4.58. The van der Waals surface area contributed by atoms with Gasteiger partial charge in [0, 0.05) is 25.2 Å². The Kier molecular flexibility index (Phi) is 4.45. The van der Waals surface area contributed by atoms with Gasteiger partial charge in [0.1, 0.15) is 0 Å². The summed E-state index contributed by atoms with van der Waals surface area (Å²) in [6.45, 7) is 12.7. The molecule has 17 heavy (non-hydrogen) atoms. The summed E-state index contributed by atoms with van der Waals surface area (Å²) >= 11 is 0. The fourth-order valence-electron chi connectivity index (χ4n) is 3.06. The molecule has 0 aromatic heterocycles. The zero-order chi connectivity index (χ0) is 12.3. The molecule has 3 atom stereocenters. The molecule has 3 unspecified atom stereocenters. The minimum absolute atomic E-state index is 0.305. The summed E-state index contributed by atoms with van der Waals surface area (Å²) in [5, 5.41) is 3.70. The molecule has 0 saturated carbocycles. The van der Waals surface area contributed by atoms with Crippen LogP contribution in [0.4, 0.5) is 0 Å². The number of nitrogens with one attached hydrogen (secondary N) is 1. The van der Waals surface area contributed by atoms with Gasteiger partial charge in [-0.2, -0.15) is 0 Å². The van der Waals surface area contributed by atoms with E-state index in [4.69, 9.17) is 4.74 Å². The van der Waals surface area contributed by atoms with Crippen molar-refractivity contribution in [3.05, 3.63) is 0 Å². The summed E-state index contributed by atoms with van der Waals surface area (Å²) in [4.78, 5) is 2.65. The van der Waals surface area contributed by atoms with Gasteiger partial charge in [-0.05, 0) is 52.1 Å². The summed E-state index contributed by atoms with van der Waals surface area (Å²) in [7, 11) is 0. The van der Waals surface area contributed by atoms with E-state index in [0.29, 0.717) is 11.6 Å². The van der Waals surface area contributed by atoms with Gasteiger partial charge in [-0.15, -0.1) is 0 Å². The van der Waals surface area contributed by atoms with Gasteiger partial charge in [0.2, 0.25) is 0 Å². The lowest BCUT2D eigenvalue weighted by atomic mass is 9.97. The molecule has 3 heteroatoms. The minimum Gasteiger partial charge on any atom is -0.378 e. The molecule has 2 rings (SSSR count). The first-order valence-electron chi connectivity index (χ1n) is 7.22. The molecular weight excluding hydrogens is 212 g/mol. The minimum atomic E-state index is 0.305. The van der Waals surface area contributed by atoms with Crippen LogP contribution in [0.2, 0.25) is 0 Å². The summed E-state index contributed by atoms with van der Waals surface area (Å²) in [6, 6.07) is 0. The van der Waals surface area contributed by atoms with Crippen molar-refractivity contribution in [2.24, 2.45) is 5.92 Å². The average molecular weight is 240 g/mol. The molecule has 0 aromatic rings. The maximum Gasteiger partial charge on any atom is 0.0588 e. The van der Waals surface area contributed by atoms with E-state index in [9.17, 15) is 0 Å². The summed E-state index contributed by atoms with van der Waals surface area (Å²) < 4.78 is 5.67. The first-order chi connectivity index (χ1) is 8.13. The van der Waals surface area contributed by atoms with Gasteiger partial charge in [0.15, 0.2) is 0 Å². The van der Waals surface area contributed by atoms with Crippen LogP contribution < -0.4 is 5.32 Å². The third kappa shape index (κ3) is 3.43. The van der Waals surface area contributed by atoms with Crippen molar-refractivity contribution in [3.8, 4) is 0 Å². The lowest BCUT2D eigenvalue weighted by molar-refractivity contribution is 0.0889. The van der Waals surface area contributed by atoms with Crippen LogP contribution in [-0.4, -0.2) is 49.3 Å². The molecule has 2 aliphatic heterocycles. The number of hydrogen-bond acceptors (Lipinski definition) is 3. The van der Waals surface area contributed by atoms with Crippen molar-refractivity contribution < 1.29 is 4.74 Å². The van der Waals surface area contributed by atoms with Gasteiger partial charge in [0.05, 0.1) is 6.10 Å². The maximum atomic E-state index is 5.67. The fourth-order valence-corrected chi connectivity index (χ4v) is 3.06. The second kappa shape index (κ2) is 5.68. The highest BCUT2D eigenvalue weighted by Crippen LogP contribution is 2.23. The molecule has 0 aliphatic carbocycles. The molecule has 0 radical (unpaired) electrons. The van der Waals surface area contributed by atoms with Crippen LogP contribution in [0.5, 0.6) is 0 Å². The number of nitrogens with zero attached hydrogens (tertiary/aromatic N) is 1. The van der Waals surface area contributed by atoms with Crippen LogP contribution in [0.1, 0.15) is 40.0 Å². The quantitative estimate of drug-likeness (QED) is 0.815. The average Bonchev–Trinajstić information content (AvgIpc) is 2.60. The van der Waals surface area contributed by atoms with E-state index >= 15 is 0 Å². The Bertz CT molecular complexity index is 246. The standard InChI is InChI=1S/C14H28N2O/c1-4-14(3)11-16(8-5-7-15-14)10-13-6-9-17-12(13)2/h12-13,15H,4-11H2,1-3H3. The molecule has 1 N–H and O–H groups in total. The first kappa shape index (κ1) is 13.3. The normalized spacial score (nSPS) is 40.4. The zero-order valence-corrected chi connectivity index (χ0v) is 11.7. The van der Waals surface area contributed by atoms with Crippen LogP contribution in [0.25, 0.3) is 0 Å². The third-order valence-electron chi connectivity index (χ3n) is 4.58. The second-order valence-electron chi connectivity index (χ2n) is 6.05. The summed E-state index contributed by atoms with van der Waals surface area (Å²) in [5.41, 5.74) is 0.305. The van der Waals surface area contributed by atoms with Crippen molar-refractivity contribution in [1.29, 1.82) is 0 Å². The summed E-state index contributed by atoms with van der Waals surface area (Å²) in [6.07, 6.45) is 4.19. The van der Waals surface area contributed by atoms with Crippen LogP contribution in [-0.2, 0) is 4.74 Å².